The molecule has 0 radical (unpaired) electrons. The van der Waals surface area contributed by atoms with Crippen molar-refractivity contribution in [2.75, 3.05) is 6.54 Å². The lowest BCUT2D eigenvalue weighted by Crippen LogP contribution is -2.48. The molecular weight excluding hydrogens is 306 g/mol. The second-order valence-corrected chi connectivity index (χ2v) is 6.78. The number of hydrogen-bond acceptors (Lipinski definition) is 3. The molecule has 0 bridgehead atoms. The second kappa shape index (κ2) is 7.66. The van der Waals surface area contributed by atoms with Crippen molar-refractivity contribution in [3.63, 3.8) is 0 Å². The molecule has 24 heavy (non-hydrogen) atoms. The summed E-state index contributed by atoms with van der Waals surface area (Å²) in [4.78, 5) is 26.0. The van der Waals surface area contributed by atoms with E-state index in [1.165, 1.54) is 0 Å². The first-order chi connectivity index (χ1) is 11.6. The van der Waals surface area contributed by atoms with Gasteiger partial charge >= 0.3 is 6.03 Å². The first-order valence-corrected chi connectivity index (χ1v) is 8.67. The summed E-state index contributed by atoms with van der Waals surface area (Å²) in [5.41, 5.74) is 1.09. The molecule has 3 N–H and O–H groups in total. The topological polar surface area (TPSA) is 81.7 Å². The zero-order valence-corrected chi connectivity index (χ0v) is 13.8. The van der Waals surface area contributed by atoms with Gasteiger partial charge in [-0.25, -0.2) is 4.79 Å². The van der Waals surface area contributed by atoms with Gasteiger partial charge in [0.15, 0.2) is 0 Å². The van der Waals surface area contributed by atoms with Crippen LogP contribution in [0.1, 0.15) is 37.7 Å². The van der Waals surface area contributed by atoms with Gasteiger partial charge in [-0.3, -0.25) is 4.79 Å². The Kier molecular flexibility index (Phi) is 5.35. The SMILES string of the molecule is O=C(NC1CCC(O)CC1)N[C@H]1CC(=O)N(Cc2ccccc2)C1. The van der Waals surface area contributed by atoms with Crippen LogP contribution in [0.15, 0.2) is 30.3 Å². The van der Waals surface area contributed by atoms with Crippen LogP contribution in [0.3, 0.4) is 0 Å². The van der Waals surface area contributed by atoms with Crippen molar-refractivity contribution in [2.24, 2.45) is 0 Å². The van der Waals surface area contributed by atoms with Crippen molar-refractivity contribution >= 4 is 11.9 Å². The van der Waals surface area contributed by atoms with Gasteiger partial charge in [0.1, 0.15) is 0 Å². The van der Waals surface area contributed by atoms with Gasteiger partial charge in [-0.2, -0.15) is 0 Å². The number of aliphatic hydroxyl groups excluding tert-OH is 1. The lowest BCUT2D eigenvalue weighted by atomic mass is 9.93. The first-order valence-electron chi connectivity index (χ1n) is 8.67. The summed E-state index contributed by atoms with van der Waals surface area (Å²) in [6, 6.07) is 9.63. The Morgan fingerprint density at radius 2 is 1.75 bits per heavy atom. The molecule has 1 saturated heterocycles. The molecule has 6 nitrogen and oxygen atoms in total. The molecule has 130 valence electrons. The zero-order valence-electron chi connectivity index (χ0n) is 13.8. The van der Waals surface area contributed by atoms with Gasteiger partial charge in [0.25, 0.3) is 0 Å². The van der Waals surface area contributed by atoms with E-state index in [9.17, 15) is 14.7 Å². The molecule has 2 fully saturated rings. The summed E-state index contributed by atoms with van der Waals surface area (Å²) in [7, 11) is 0. The minimum atomic E-state index is -0.231. The molecular formula is C18H25N3O3. The monoisotopic (exact) mass is 331 g/mol. The van der Waals surface area contributed by atoms with Crippen LogP contribution in [-0.4, -0.2) is 46.7 Å². The third-order valence-corrected chi connectivity index (χ3v) is 4.80. The van der Waals surface area contributed by atoms with Gasteiger partial charge in [-0.05, 0) is 31.2 Å². The number of amides is 3. The third-order valence-electron chi connectivity index (χ3n) is 4.80. The number of likely N-dealkylation sites (tertiary alicyclic amines) is 1. The molecule has 1 saturated carbocycles. The van der Waals surface area contributed by atoms with Crippen molar-refractivity contribution < 1.29 is 14.7 Å². The molecule has 0 aromatic heterocycles. The fourth-order valence-electron chi connectivity index (χ4n) is 3.46. The Morgan fingerprint density at radius 3 is 2.46 bits per heavy atom. The Hall–Kier alpha value is -2.08. The van der Waals surface area contributed by atoms with E-state index in [0.29, 0.717) is 19.5 Å². The predicted octanol–water partition coefficient (Wildman–Crippen LogP) is 1.39. The van der Waals surface area contributed by atoms with Gasteiger partial charge in [-0.1, -0.05) is 30.3 Å². The van der Waals surface area contributed by atoms with Gasteiger partial charge in [-0.15, -0.1) is 0 Å². The molecule has 1 aromatic rings. The standard InChI is InChI=1S/C18H25N3O3/c22-16-8-6-14(7-9-16)19-18(24)20-15-10-17(23)21(12-15)11-13-4-2-1-3-5-13/h1-5,14-16,22H,6-12H2,(H2,19,20,24)/t14?,15-,16?/m0/s1. The van der Waals surface area contributed by atoms with Crippen molar-refractivity contribution in [1.82, 2.24) is 15.5 Å². The fourth-order valence-corrected chi connectivity index (χ4v) is 3.46. The highest BCUT2D eigenvalue weighted by molar-refractivity contribution is 5.81. The van der Waals surface area contributed by atoms with Crippen LogP contribution in [0.25, 0.3) is 0 Å². The van der Waals surface area contributed by atoms with Crippen LogP contribution < -0.4 is 10.6 Å². The smallest absolute Gasteiger partial charge is 0.315 e. The van der Waals surface area contributed by atoms with E-state index in [4.69, 9.17) is 0 Å². The largest absolute Gasteiger partial charge is 0.393 e. The predicted molar refractivity (Wildman–Crippen MR) is 90.2 cm³/mol. The second-order valence-electron chi connectivity index (χ2n) is 6.78. The zero-order chi connectivity index (χ0) is 16.9. The number of rotatable bonds is 4. The summed E-state index contributed by atoms with van der Waals surface area (Å²) < 4.78 is 0. The van der Waals surface area contributed by atoms with Crippen molar-refractivity contribution in [3.8, 4) is 0 Å². The number of nitrogens with one attached hydrogen (secondary N) is 2. The maximum absolute atomic E-state index is 12.1. The Labute approximate surface area is 142 Å². The minimum absolute atomic E-state index is 0.0740. The maximum atomic E-state index is 12.1. The van der Waals surface area contributed by atoms with Crippen LogP contribution in [0, 0.1) is 0 Å². The fraction of sp³-hybridized carbons (Fsp3) is 0.556. The molecule has 1 atom stereocenters. The normalized spacial score (nSPS) is 27.1. The first kappa shape index (κ1) is 16.8. The highest BCUT2D eigenvalue weighted by Gasteiger charge is 2.31. The van der Waals surface area contributed by atoms with E-state index >= 15 is 0 Å². The van der Waals surface area contributed by atoms with Crippen molar-refractivity contribution in [3.05, 3.63) is 35.9 Å². The Balaban J connectivity index is 1.44. The highest BCUT2D eigenvalue weighted by Crippen LogP contribution is 2.18. The van der Waals surface area contributed by atoms with Crippen LogP contribution in [-0.2, 0) is 11.3 Å². The molecule has 1 heterocycles. The maximum Gasteiger partial charge on any atom is 0.315 e. The lowest BCUT2D eigenvalue weighted by Gasteiger charge is -2.26. The van der Waals surface area contributed by atoms with Crippen LogP contribution in [0.5, 0.6) is 0 Å². The number of urea groups is 1. The molecule has 1 aliphatic heterocycles. The average Bonchev–Trinajstić information content (AvgIpc) is 2.90. The molecule has 0 unspecified atom stereocenters. The van der Waals surface area contributed by atoms with Crippen LogP contribution in [0.4, 0.5) is 4.79 Å². The van der Waals surface area contributed by atoms with Gasteiger partial charge in [0.05, 0.1) is 12.1 Å². The number of hydrogen-bond donors (Lipinski definition) is 3. The number of aliphatic hydroxyl groups is 1. The number of benzene rings is 1. The summed E-state index contributed by atoms with van der Waals surface area (Å²) in [5.74, 6) is 0.0740. The number of carbonyl (C=O) groups is 2. The highest BCUT2D eigenvalue weighted by atomic mass is 16.3. The quantitative estimate of drug-likeness (QED) is 0.780. The van der Waals surface area contributed by atoms with Crippen molar-refractivity contribution in [2.45, 2.75) is 56.8 Å². The molecule has 3 rings (SSSR count). The van der Waals surface area contributed by atoms with E-state index < -0.39 is 0 Å². The van der Waals surface area contributed by atoms with E-state index in [2.05, 4.69) is 10.6 Å². The van der Waals surface area contributed by atoms with E-state index in [0.717, 1.165) is 31.2 Å². The molecule has 1 aliphatic carbocycles. The number of carbonyl (C=O) groups excluding carboxylic acids is 2. The Morgan fingerprint density at radius 1 is 1.08 bits per heavy atom. The molecule has 0 spiro atoms. The van der Waals surface area contributed by atoms with Gasteiger partial charge in [0, 0.05) is 25.6 Å². The Bertz CT molecular complexity index is 570. The van der Waals surface area contributed by atoms with Gasteiger partial charge < -0.3 is 20.6 Å². The van der Waals surface area contributed by atoms with Crippen LogP contribution in [0.2, 0.25) is 0 Å². The van der Waals surface area contributed by atoms with E-state index in [1.54, 1.807) is 4.90 Å². The average molecular weight is 331 g/mol. The van der Waals surface area contributed by atoms with E-state index in [1.807, 2.05) is 30.3 Å². The third kappa shape index (κ3) is 4.47. The number of nitrogens with zero attached hydrogens (tertiary/aromatic N) is 1. The van der Waals surface area contributed by atoms with Crippen LogP contribution >= 0.6 is 0 Å². The molecule has 1 aromatic carbocycles. The summed E-state index contributed by atoms with van der Waals surface area (Å²) in [5, 5.41) is 15.4. The lowest BCUT2D eigenvalue weighted by molar-refractivity contribution is -0.128. The van der Waals surface area contributed by atoms with Gasteiger partial charge in [0.2, 0.25) is 5.91 Å². The summed E-state index contributed by atoms with van der Waals surface area (Å²) in [6.07, 6.45) is 3.19. The summed E-state index contributed by atoms with van der Waals surface area (Å²) >= 11 is 0. The minimum Gasteiger partial charge on any atom is -0.393 e. The van der Waals surface area contributed by atoms with Crippen molar-refractivity contribution in [1.29, 1.82) is 0 Å². The molecule has 2 aliphatic rings. The van der Waals surface area contributed by atoms with E-state index in [-0.39, 0.29) is 30.1 Å². The summed E-state index contributed by atoms with van der Waals surface area (Å²) in [6.45, 7) is 1.13. The molecule has 3 amide bonds. The molecule has 6 heteroatoms.